The van der Waals surface area contributed by atoms with Gasteiger partial charge in [0.15, 0.2) is 0 Å². The predicted molar refractivity (Wildman–Crippen MR) is 103 cm³/mol. The Labute approximate surface area is 161 Å². The second-order valence-electron chi connectivity index (χ2n) is 5.47. The first-order valence-electron chi connectivity index (χ1n) is 7.60. The van der Waals surface area contributed by atoms with E-state index in [1.807, 2.05) is 18.2 Å². The van der Waals surface area contributed by atoms with Gasteiger partial charge in [0.1, 0.15) is 0 Å². The maximum absolute atomic E-state index is 12.2. The molecule has 132 valence electrons. The average Bonchev–Trinajstić information content (AvgIpc) is 2.55. The first-order chi connectivity index (χ1) is 11.9. The van der Waals surface area contributed by atoms with E-state index in [0.29, 0.717) is 28.7 Å². The van der Waals surface area contributed by atoms with E-state index >= 15 is 0 Å². The molecule has 0 unspecified atom stereocenters. The molecule has 0 radical (unpaired) electrons. The van der Waals surface area contributed by atoms with Crippen molar-refractivity contribution in [1.82, 2.24) is 4.90 Å². The number of benzene rings is 2. The van der Waals surface area contributed by atoms with Gasteiger partial charge in [-0.25, -0.2) is 0 Å². The summed E-state index contributed by atoms with van der Waals surface area (Å²) in [4.78, 5) is 25.5. The number of rotatable bonds is 6. The highest BCUT2D eigenvalue weighted by atomic mass is 35.5. The lowest BCUT2D eigenvalue weighted by molar-refractivity contribution is -0.132. The molecular formula is C18H17Cl3N2O2. The minimum atomic E-state index is -0.342. The van der Waals surface area contributed by atoms with Crippen molar-refractivity contribution in [3.05, 3.63) is 63.1 Å². The Bertz CT molecular complexity index is 781. The van der Waals surface area contributed by atoms with E-state index in [1.54, 1.807) is 24.3 Å². The Kier molecular flexibility index (Phi) is 7.12. The minimum absolute atomic E-state index is 0.0707. The SMILES string of the molecule is CC(=O)N(CCc1cccc(Cl)c1)CC(=O)Nc1cccc(Cl)c1Cl. The molecule has 2 aromatic carbocycles. The molecule has 0 saturated carbocycles. The van der Waals surface area contributed by atoms with Gasteiger partial charge in [-0.05, 0) is 36.2 Å². The fourth-order valence-electron chi connectivity index (χ4n) is 2.27. The van der Waals surface area contributed by atoms with Crippen molar-refractivity contribution in [2.45, 2.75) is 13.3 Å². The van der Waals surface area contributed by atoms with Crippen LogP contribution in [0.4, 0.5) is 5.69 Å². The Morgan fingerprint density at radius 1 is 1.08 bits per heavy atom. The number of carbonyl (C=O) groups excluding carboxylic acids is 2. The molecule has 0 bridgehead atoms. The summed E-state index contributed by atoms with van der Waals surface area (Å²) in [5, 5.41) is 3.93. The molecule has 0 aliphatic carbocycles. The van der Waals surface area contributed by atoms with E-state index in [-0.39, 0.29) is 23.4 Å². The number of nitrogens with one attached hydrogen (secondary N) is 1. The van der Waals surface area contributed by atoms with Crippen LogP contribution in [0.5, 0.6) is 0 Å². The second kappa shape index (κ2) is 9.09. The third kappa shape index (κ3) is 5.92. The Morgan fingerprint density at radius 3 is 2.48 bits per heavy atom. The third-order valence-corrected chi connectivity index (χ3v) is 4.62. The lowest BCUT2D eigenvalue weighted by Crippen LogP contribution is -2.38. The molecule has 0 fully saturated rings. The van der Waals surface area contributed by atoms with Crippen LogP contribution < -0.4 is 5.32 Å². The Hall–Kier alpha value is -1.75. The largest absolute Gasteiger partial charge is 0.333 e. The van der Waals surface area contributed by atoms with Crippen molar-refractivity contribution in [2.24, 2.45) is 0 Å². The highest BCUT2D eigenvalue weighted by Crippen LogP contribution is 2.29. The number of halogens is 3. The van der Waals surface area contributed by atoms with Crippen molar-refractivity contribution in [3.8, 4) is 0 Å². The molecule has 2 aromatic rings. The summed E-state index contributed by atoms with van der Waals surface area (Å²) in [5.74, 6) is -0.528. The number of hydrogen-bond acceptors (Lipinski definition) is 2. The molecule has 0 saturated heterocycles. The molecule has 0 atom stereocenters. The highest BCUT2D eigenvalue weighted by molar-refractivity contribution is 6.44. The van der Waals surface area contributed by atoms with Crippen molar-refractivity contribution < 1.29 is 9.59 Å². The maximum atomic E-state index is 12.2. The van der Waals surface area contributed by atoms with Crippen LogP contribution in [0, 0.1) is 0 Å². The smallest absolute Gasteiger partial charge is 0.244 e. The van der Waals surface area contributed by atoms with Crippen LogP contribution in [0.1, 0.15) is 12.5 Å². The van der Waals surface area contributed by atoms with E-state index in [9.17, 15) is 9.59 Å². The van der Waals surface area contributed by atoms with Crippen LogP contribution in [0.15, 0.2) is 42.5 Å². The summed E-state index contributed by atoms with van der Waals surface area (Å²) in [5.41, 5.74) is 1.41. The molecule has 0 aliphatic rings. The average molecular weight is 400 g/mol. The first kappa shape index (κ1) is 19.6. The van der Waals surface area contributed by atoms with Gasteiger partial charge in [0, 0.05) is 18.5 Å². The van der Waals surface area contributed by atoms with E-state index in [2.05, 4.69) is 5.32 Å². The van der Waals surface area contributed by atoms with Crippen molar-refractivity contribution in [1.29, 1.82) is 0 Å². The van der Waals surface area contributed by atoms with Gasteiger partial charge in [-0.2, -0.15) is 0 Å². The molecule has 0 spiro atoms. The molecule has 2 amide bonds. The summed E-state index contributed by atoms with van der Waals surface area (Å²) < 4.78 is 0. The first-order valence-corrected chi connectivity index (χ1v) is 8.74. The predicted octanol–water partition coefficient (Wildman–Crippen LogP) is 4.68. The standard InChI is InChI=1S/C18H17Cl3N2O2/c1-12(24)23(9-8-13-4-2-5-14(19)10-13)11-17(25)22-16-7-3-6-15(20)18(16)21/h2-7,10H,8-9,11H2,1H3,(H,22,25). The highest BCUT2D eigenvalue weighted by Gasteiger charge is 2.15. The molecule has 2 rings (SSSR count). The van der Waals surface area contributed by atoms with E-state index < -0.39 is 0 Å². The van der Waals surface area contributed by atoms with Gasteiger partial charge < -0.3 is 10.2 Å². The number of nitrogens with zero attached hydrogens (tertiary/aromatic N) is 1. The van der Waals surface area contributed by atoms with Gasteiger partial charge >= 0.3 is 0 Å². The Morgan fingerprint density at radius 2 is 1.80 bits per heavy atom. The monoisotopic (exact) mass is 398 g/mol. The van der Waals surface area contributed by atoms with Gasteiger partial charge in [0.25, 0.3) is 0 Å². The summed E-state index contributed by atoms with van der Waals surface area (Å²) in [6.45, 7) is 1.77. The zero-order valence-electron chi connectivity index (χ0n) is 13.6. The van der Waals surface area contributed by atoms with Crippen molar-refractivity contribution in [2.75, 3.05) is 18.4 Å². The quantitative estimate of drug-likeness (QED) is 0.767. The van der Waals surface area contributed by atoms with E-state index in [4.69, 9.17) is 34.8 Å². The number of anilines is 1. The molecule has 4 nitrogen and oxygen atoms in total. The van der Waals surface area contributed by atoms with Gasteiger partial charge in [0.05, 0.1) is 22.3 Å². The number of amides is 2. The van der Waals surface area contributed by atoms with Gasteiger partial charge in [0.2, 0.25) is 11.8 Å². The summed E-state index contributed by atoms with van der Waals surface area (Å²) in [6.07, 6.45) is 0.603. The number of hydrogen-bond donors (Lipinski definition) is 1. The molecule has 25 heavy (non-hydrogen) atoms. The maximum Gasteiger partial charge on any atom is 0.244 e. The summed E-state index contributed by atoms with van der Waals surface area (Å²) in [7, 11) is 0. The molecular weight excluding hydrogens is 383 g/mol. The van der Waals surface area contributed by atoms with Gasteiger partial charge in [-0.3, -0.25) is 9.59 Å². The molecule has 7 heteroatoms. The topological polar surface area (TPSA) is 49.4 Å². The minimum Gasteiger partial charge on any atom is -0.333 e. The van der Waals surface area contributed by atoms with Crippen LogP contribution in [0.3, 0.4) is 0 Å². The lowest BCUT2D eigenvalue weighted by atomic mass is 10.1. The van der Waals surface area contributed by atoms with E-state index in [1.165, 1.54) is 11.8 Å². The third-order valence-electron chi connectivity index (χ3n) is 3.56. The van der Waals surface area contributed by atoms with Gasteiger partial charge in [-0.15, -0.1) is 0 Å². The molecule has 1 N–H and O–H groups in total. The normalized spacial score (nSPS) is 10.4. The van der Waals surface area contributed by atoms with Gasteiger partial charge in [-0.1, -0.05) is 53.0 Å². The molecule has 0 heterocycles. The fraction of sp³-hybridized carbons (Fsp3) is 0.222. The Balaban J connectivity index is 1.97. The van der Waals surface area contributed by atoms with Crippen LogP contribution in [0.25, 0.3) is 0 Å². The van der Waals surface area contributed by atoms with E-state index in [0.717, 1.165) is 5.56 Å². The van der Waals surface area contributed by atoms with Crippen LogP contribution >= 0.6 is 34.8 Å². The molecule has 0 aliphatic heterocycles. The number of carbonyl (C=O) groups is 2. The van der Waals surface area contributed by atoms with Crippen LogP contribution in [0.2, 0.25) is 15.1 Å². The van der Waals surface area contributed by atoms with Crippen molar-refractivity contribution >= 4 is 52.3 Å². The second-order valence-corrected chi connectivity index (χ2v) is 6.69. The van der Waals surface area contributed by atoms with Crippen LogP contribution in [-0.4, -0.2) is 29.8 Å². The summed E-state index contributed by atoms with van der Waals surface area (Å²) >= 11 is 17.9. The zero-order chi connectivity index (χ0) is 18.4. The summed E-state index contributed by atoms with van der Waals surface area (Å²) in [6, 6.07) is 12.4. The van der Waals surface area contributed by atoms with Crippen molar-refractivity contribution in [3.63, 3.8) is 0 Å². The molecule has 0 aromatic heterocycles. The van der Waals surface area contributed by atoms with Crippen LogP contribution in [-0.2, 0) is 16.0 Å². The fourth-order valence-corrected chi connectivity index (χ4v) is 2.83. The lowest BCUT2D eigenvalue weighted by Gasteiger charge is -2.21. The zero-order valence-corrected chi connectivity index (χ0v) is 15.8.